The third-order valence-electron chi connectivity index (χ3n) is 3.97. The number of aromatic nitrogens is 1. The Hall–Kier alpha value is -1.42. The van der Waals surface area contributed by atoms with Crippen LogP contribution in [0.4, 0.5) is 0 Å². The summed E-state index contributed by atoms with van der Waals surface area (Å²) in [5, 5.41) is 3.32. The predicted molar refractivity (Wildman–Crippen MR) is 75.5 cm³/mol. The lowest BCUT2D eigenvalue weighted by Crippen LogP contribution is -2.47. The van der Waals surface area contributed by atoms with E-state index in [1.807, 2.05) is 30.0 Å². The van der Waals surface area contributed by atoms with Crippen LogP contribution in [0.3, 0.4) is 0 Å². The molecule has 1 aliphatic heterocycles. The number of nitrogens with one attached hydrogen (secondary N) is 1. The van der Waals surface area contributed by atoms with E-state index < -0.39 is 0 Å². The Morgan fingerprint density at radius 3 is 2.74 bits per heavy atom. The molecule has 104 valence electrons. The SMILES string of the molecule is CCN(Cc1ccccn1)C(=O)C1(C)CCNCC1. The van der Waals surface area contributed by atoms with Gasteiger partial charge in [0.15, 0.2) is 0 Å². The van der Waals surface area contributed by atoms with Crippen molar-refractivity contribution in [3.8, 4) is 0 Å². The van der Waals surface area contributed by atoms with Gasteiger partial charge in [-0.2, -0.15) is 0 Å². The topological polar surface area (TPSA) is 45.2 Å². The number of hydrogen-bond donors (Lipinski definition) is 1. The van der Waals surface area contributed by atoms with Crippen LogP contribution < -0.4 is 5.32 Å². The van der Waals surface area contributed by atoms with Gasteiger partial charge in [0.2, 0.25) is 5.91 Å². The second-order valence-electron chi connectivity index (χ2n) is 5.45. The molecule has 4 nitrogen and oxygen atoms in total. The fourth-order valence-electron chi connectivity index (χ4n) is 2.59. The number of piperidine rings is 1. The highest BCUT2D eigenvalue weighted by Gasteiger charge is 2.37. The minimum atomic E-state index is -0.212. The molecule has 0 unspecified atom stereocenters. The molecule has 0 aliphatic carbocycles. The van der Waals surface area contributed by atoms with Gasteiger partial charge in [-0.05, 0) is 45.0 Å². The zero-order valence-electron chi connectivity index (χ0n) is 11.9. The standard InChI is InChI=1S/C15H23N3O/c1-3-18(12-13-6-4-5-9-17-13)14(19)15(2)7-10-16-11-8-15/h4-6,9,16H,3,7-8,10-12H2,1-2H3. The third-order valence-corrected chi connectivity index (χ3v) is 3.97. The van der Waals surface area contributed by atoms with Crippen molar-refractivity contribution >= 4 is 5.91 Å². The minimum Gasteiger partial charge on any atom is -0.337 e. The molecule has 0 aromatic carbocycles. The summed E-state index contributed by atoms with van der Waals surface area (Å²) < 4.78 is 0. The van der Waals surface area contributed by atoms with E-state index in [0.717, 1.165) is 38.2 Å². The fourth-order valence-corrected chi connectivity index (χ4v) is 2.59. The molecule has 1 N–H and O–H groups in total. The summed E-state index contributed by atoms with van der Waals surface area (Å²) >= 11 is 0. The number of pyridine rings is 1. The van der Waals surface area contributed by atoms with E-state index in [0.29, 0.717) is 6.54 Å². The second-order valence-corrected chi connectivity index (χ2v) is 5.45. The van der Waals surface area contributed by atoms with E-state index in [1.165, 1.54) is 0 Å². The van der Waals surface area contributed by atoms with Gasteiger partial charge in [-0.3, -0.25) is 9.78 Å². The highest BCUT2D eigenvalue weighted by molar-refractivity contribution is 5.82. The Morgan fingerprint density at radius 2 is 2.16 bits per heavy atom. The van der Waals surface area contributed by atoms with E-state index >= 15 is 0 Å². The number of amides is 1. The first-order chi connectivity index (χ1) is 9.15. The Kier molecular flexibility index (Phi) is 4.53. The normalized spacial score (nSPS) is 18.0. The summed E-state index contributed by atoms with van der Waals surface area (Å²) in [7, 11) is 0. The van der Waals surface area contributed by atoms with E-state index in [1.54, 1.807) is 6.20 Å². The Balaban J connectivity index is 2.06. The average Bonchev–Trinajstić information content (AvgIpc) is 2.46. The molecule has 0 spiro atoms. The van der Waals surface area contributed by atoms with Gasteiger partial charge in [-0.1, -0.05) is 13.0 Å². The molecule has 1 fully saturated rings. The summed E-state index contributed by atoms with van der Waals surface area (Å²) in [6, 6.07) is 5.84. The molecular formula is C15H23N3O. The van der Waals surface area contributed by atoms with Gasteiger partial charge in [0.25, 0.3) is 0 Å². The summed E-state index contributed by atoms with van der Waals surface area (Å²) in [6.07, 6.45) is 3.62. The minimum absolute atomic E-state index is 0.212. The largest absolute Gasteiger partial charge is 0.337 e. The number of rotatable bonds is 4. The van der Waals surface area contributed by atoms with Gasteiger partial charge in [0, 0.05) is 18.2 Å². The number of carbonyl (C=O) groups excluding carboxylic acids is 1. The number of hydrogen-bond acceptors (Lipinski definition) is 3. The second kappa shape index (κ2) is 6.15. The molecule has 2 heterocycles. The van der Waals surface area contributed by atoms with E-state index in [-0.39, 0.29) is 11.3 Å². The first kappa shape index (κ1) is 14.0. The van der Waals surface area contributed by atoms with Crippen LogP contribution >= 0.6 is 0 Å². The van der Waals surface area contributed by atoms with Crippen molar-refractivity contribution in [2.24, 2.45) is 5.41 Å². The summed E-state index contributed by atoms with van der Waals surface area (Å²) in [6.45, 7) is 7.34. The van der Waals surface area contributed by atoms with Crippen LogP contribution in [0.25, 0.3) is 0 Å². The molecule has 0 radical (unpaired) electrons. The van der Waals surface area contributed by atoms with Crippen LogP contribution in [0.5, 0.6) is 0 Å². The number of carbonyl (C=O) groups is 1. The van der Waals surface area contributed by atoms with Crippen molar-refractivity contribution in [2.45, 2.75) is 33.2 Å². The van der Waals surface area contributed by atoms with Gasteiger partial charge >= 0.3 is 0 Å². The maximum Gasteiger partial charge on any atom is 0.228 e. The van der Waals surface area contributed by atoms with Gasteiger partial charge in [0.05, 0.1) is 12.2 Å². The molecule has 1 amide bonds. The van der Waals surface area contributed by atoms with E-state index in [4.69, 9.17) is 0 Å². The summed E-state index contributed by atoms with van der Waals surface area (Å²) in [5.74, 6) is 0.266. The van der Waals surface area contributed by atoms with Crippen molar-refractivity contribution in [1.82, 2.24) is 15.2 Å². The van der Waals surface area contributed by atoms with Crippen molar-refractivity contribution in [3.05, 3.63) is 30.1 Å². The lowest BCUT2D eigenvalue weighted by Gasteiger charge is -2.37. The maximum atomic E-state index is 12.7. The molecule has 2 rings (SSSR count). The van der Waals surface area contributed by atoms with Gasteiger partial charge in [-0.25, -0.2) is 0 Å². The van der Waals surface area contributed by atoms with Crippen LogP contribution in [0, 0.1) is 5.41 Å². The Bertz CT molecular complexity index is 413. The van der Waals surface area contributed by atoms with Crippen LogP contribution in [0.2, 0.25) is 0 Å². The quantitative estimate of drug-likeness (QED) is 0.899. The molecule has 19 heavy (non-hydrogen) atoms. The highest BCUT2D eigenvalue weighted by Crippen LogP contribution is 2.30. The lowest BCUT2D eigenvalue weighted by molar-refractivity contribution is -0.143. The van der Waals surface area contributed by atoms with Crippen LogP contribution in [-0.4, -0.2) is 35.4 Å². The molecule has 1 aliphatic rings. The first-order valence-corrected chi connectivity index (χ1v) is 7.06. The zero-order chi connectivity index (χ0) is 13.7. The molecular weight excluding hydrogens is 238 g/mol. The van der Waals surface area contributed by atoms with Crippen LogP contribution in [0.1, 0.15) is 32.4 Å². The maximum absolute atomic E-state index is 12.7. The van der Waals surface area contributed by atoms with E-state index in [9.17, 15) is 4.79 Å². The molecule has 4 heteroatoms. The molecule has 0 bridgehead atoms. The first-order valence-electron chi connectivity index (χ1n) is 7.06. The Labute approximate surface area is 115 Å². The molecule has 1 saturated heterocycles. The highest BCUT2D eigenvalue weighted by atomic mass is 16.2. The van der Waals surface area contributed by atoms with E-state index in [2.05, 4.69) is 17.2 Å². The van der Waals surface area contributed by atoms with Gasteiger partial charge < -0.3 is 10.2 Å². The summed E-state index contributed by atoms with van der Waals surface area (Å²) in [4.78, 5) is 19.0. The average molecular weight is 261 g/mol. The Morgan fingerprint density at radius 1 is 1.42 bits per heavy atom. The summed E-state index contributed by atoms with van der Waals surface area (Å²) in [5.41, 5.74) is 0.742. The predicted octanol–water partition coefficient (Wildman–Crippen LogP) is 1.82. The van der Waals surface area contributed by atoms with Crippen molar-refractivity contribution in [3.63, 3.8) is 0 Å². The monoisotopic (exact) mass is 261 g/mol. The van der Waals surface area contributed by atoms with Gasteiger partial charge in [0.1, 0.15) is 0 Å². The smallest absolute Gasteiger partial charge is 0.228 e. The van der Waals surface area contributed by atoms with Crippen molar-refractivity contribution in [1.29, 1.82) is 0 Å². The molecule has 0 atom stereocenters. The molecule has 0 saturated carbocycles. The van der Waals surface area contributed by atoms with Crippen molar-refractivity contribution < 1.29 is 4.79 Å². The molecule has 1 aromatic heterocycles. The molecule has 1 aromatic rings. The zero-order valence-corrected chi connectivity index (χ0v) is 11.9. The number of nitrogens with zero attached hydrogens (tertiary/aromatic N) is 2. The van der Waals surface area contributed by atoms with Crippen LogP contribution in [-0.2, 0) is 11.3 Å². The van der Waals surface area contributed by atoms with Gasteiger partial charge in [-0.15, -0.1) is 0 Å². The lowest BCUT2D eigenvalue weighted by atomic mass is 9.79. The van der Waals surface area contributed by atoms with Crippen molar-refractivity contribution in [2.75, 3.05) is 19.6 Å². The van der Waals surface area contributed by atoms with Crippen LogP contribution in [0.15, 0.2) is 24.4 Å². The fraction of sp³-hybridized carbons (Fsp3) is 0.600. The third kappa shape index (κ3) is 3.32.